The number of hydrogen-bond donors (Lipinski definition) is 1. The molecule has 160 valence electrons. The summed E-state index contributed by atoms with van der Waals surface area (Å²) < 4.78 is 10.6. The lowest BCUT2D eigenvalue weighted by molar-refractivity contribution is -0.136. The lowest BCUT2D eigenvalue weighted by atomic mass is 9.92. The highest BCUT2D eigenvalue weighted by molar-refractivity contribution is 5.85. The molecule has 1 atom stereocenters. The molecule has 2 rings (SSSR count). The second kappa shape index (κ2) is 12.1. The van der Waals surface area contributed by atoms with Crippen LogP contribution in [-0.2, 0) is 11.3 Å². The molecule has 0 radical (unpaired) electrons. The van der Waals surface area contributed by atoms with E-state index in [4.69, 9.17) is 9.47 Å². The summed E-state index contributed by atoms with van der Waals surface area (Å²) in [5.41, 5.74) is 1.03. The molecule has 1 N–H and O–H groups in total. The van der Waals surface area contributed by atoms with Gasteiger partial charge in [0.2, 0.25) is 5.91 Å². The molecule has 1 aromatic carbocycles. The van der Waals surface area contributed by atoms with Gasteiger partial charge >= 0.3 is 0 Å². The topological polar surface area (TPSA) is 54.0 Å². The van der Waals surface area contributed by atoms with E-state index in [1.165, 1.54) is 19.3 Å². The Bertz CT molecular complexity index is 607. The molecular weight excluding hydrogens is 378 g/mol. The number of amides is 1. The second-order valence-electron chi connectivity index (χ2n) is 7.43. The molecule has 1 amide bonds. The average Bonchev–Trinajstić information content (AvgIpc) is 2.71. The zero-order valence-electron chi connectivity index (χ0n) is 17.9. The third kappa shape index (κ3) is 6.54. The summed E-state index contributed by atoms with van der Waals surface area (Å²) in [4.78, 5) is 17.0. The van der Waals surface area contributed by atoms with Gasteiger partial charge in [0, 0.05) is 13.6 Å². The molecule has 7 heteroatoms. The summed E-state index contributed by atoms with van der Waals surface area (Å²) in [6.45, 7) is 5.67. The summed E-state index contributed by atoms with van der Waals surface area (Å²) in [6, 6.07) is 5.70. The lowest BCUT2D eigenvalue weighted by Crippen LogP contribution is -2.48. The molecule has 1 unspecified atom stereocenters. The molecule has 0 bridgehead atoms. The first-order valence-corrected chi connectivity index (χ1v) is 9.84. The van der Waals surface area contributed by atoms with Gasteiger partial charge in [-0.2, -0.15) is 0 Å². The second-order valence-corrected chi connectivity index (χ2v) is 7.43. The maximum atomic E-state index is 12.9. The Labute approximate surface area is 176 Å². The minimum Gasteiger partial charge on any atom is -0.493 e. The Kier molecular flexibility index (Phi) is 10.6. The number of hydrogen-bond acceptors (Lipinski definition) is 5. The molecule has 1 saturated heterocycles. The van der Waals surface area contributed by atoms with Crippen LogP contribution in [0, 0.1) is 5.92 Å². The van der Waals surface area contributed by atoms with Crippen molar-refractivity contribution in [2.75, 3.05) is 47.9 Å². The molecule has 1 aliphatic heterocycles. The van der Waals surface area contributed by atoms with E-state index >= 15 is 0 Å². The van der Waals surface area contributed by atoms with Crippen LogP contribution >= 0.6 is 12.4 Å². The zero-order valence-corrected chi connectivity index (χ0v) is 18.7. The van der Waals surface area contributed by atoms with E-state index in [9.17, 15) is 4.79 Å². The van der Waals surface area contributed by atoms with Crippen LogP contribution in [0.25, 0.3) is 0 Å². The van der Waals surface area contributed by atoms with E-state index in [1.54, 1.807) is 19.1 Å². The molecule has 1 aromatic rings. The number of rotatable bonds is 9. The number of methoxy groups -OCH3 is 2. The van der Waals surface area contributed by atoms with Gasteiger partial charge in [-0.25, -0.2) is 0 Å². The van der Waals surface area contributed by atoms with E-state index in [1.807, 2.05) is 39.2 Å². The van der Waals surface area contributed by atoms with Crippen LogP contribution in [0.2, 0.25) is 0 Å². The minimum absolute atomic E-state index is 0. The van der Waals surface area contributed by atoms with Crippen LogP contribution in [0.5, 0.6) is 11.5 Å². The normalized spacial score (nSPS) is 16.2. The van der Waals surface area contributed by atoms with Gasteiger partial charge in [0.25, 0.3) is 0 Å². The van der Waals surface area contributed by atoms with Gasteiger partial charge in [-0.05, 0) is 76.5 Å². The molecular formula is C21H36ClN3O3. The Morgan fingerprint density at radius 1 is 1.25 bits per heavy atom. The standard InChI is InChI=1S/C21H35N3O3.ClH/c1-16(24-12-9-17(10-13-24)8-11-22-2)21(25)23(3)15-18-6-7-19(26-4)20(14-18)27-5;/h6-7,14,16-17,22H,8-13,15H2,1-5H3;1H. The lowest BCUT2D eigenvalue weighted by Gasteiger charge is -2.36. The fraction of sp³-hybridized carbons (Fsp3) is 0.667. The molecule has 1 aliphatic rings. The highest BCUT2D eigenvalue weighted by Gasteiger charge is 2.28. The van der Waals surface area contributed by atoms with Crippen molar-refractivity contribution in [3.8, 4) is 11.5 Å². The highest BCUT2D eigenvalue weighted by atomic mass is 35.5. The summed E-state index contributed by atoms with van der Waals surface area (Å²) in [6.07, 6.45) is 3.59. The quantitative estimate of drug-likeness (QED) is 0.674. The Morgan fingerprint density at radius 2 is 1.89 bits per heavy atom. The fourth-order valence-electron chi connectivity index (χ4n) is 3.78. The van der Waals surface area contributed by atoms with E-state index in [-0.39, 0.29) is 24.4 Å². The van der Waals surface area contributed by atoms with E-state index in [0.717, 1.165) is 31.1 Å². The van der Waals surface area contributed by atoms with E-state index < -0.39 is 0 Å². The predicted octanol–water partition coefficient (Wildman–Crippen LogP) is 2.79. The molecule has 0 aliphatic carbocycles. The summed E-state index contributed by atoms with van der Waals surface area (Å²) in [5, 5.41) is 3.23. The van der Waals surface area contributed by atoms with Crippen molar-refractivity contribution in [1.82, 2.24) is 15.1 Å². The molecule has 0 aromatic heterocycles. The third-order valence-corrected chi connectivity index (χ3v) is 5.60. The molecule has 6 nitrogen and oxygen atoms in total. The first-order chi connectivity index (χ1) is 13.0. The molecule has 28 heavy (non-hydrogen) atoms. The number of halogens is 1. The maximum Gasteiger partial charge on any atom is 0.239 e. The Hall–Kier alpha value is -1.50. The Morgan fingerprint density at radius 3 is 2.46 bits per heavy atom. The third-order valence-electron chi connectivity index (χ3n) is 5.60. The molecule has 0 spiro atoms. The zero-order chi connectivity index (χ0) is 19.8. The first-order valence-electron chi connectivity index (χ1n) is 9.84. The van der Waals surface area contributed by atoms with Crippen molar-refractivity contribution >= 4 is 18.3 Å². The van der Waals surface area contributed by atoms with Crippen molar-refractivity contribution in [2.24, 2.45) is 5.92 Å². The van der Waals surface area contributed by atoms with Gasteiger partial charge in [-0.3, -0.25) is 9.69 Å². The van der Waals surface area contributed by atoms with Crippen molar-refractivity contribution in [3.63, 3.8) is 0 Å². The number of piperidine rings is 1. The molecule has 0 saturated carbocycles. The number of carbonyl (C=O) groups is 1. The van der Waals surface area contributed by atoms with Crippen LogP contribution in [0.1, 0.15) is 31.7 Å². The van der Waals surface area contributed by atoms with Crippen LogP contribution in [-0.4, -0.2) is 69.7 Å². The van der Waals surface area contributed by atoms with Gasteiger partial charge in [-0.1, -0.05) is 6.07 Å². The van der Waals surface area contributed by atoms with Gasteiger partial charge in [0.1, 0.15) is 0 Å². The van der Waals surface area contributed by atoms with Crippen LogP contribution in [0.15, 0.2) is 18.2 Å². The van der Waals surface area contributed by atoms with Crippen molar-refractivity contribution in [2.45, 2.75) is 38.8 Å². The SMILES string of the molecule is CNCCC1CCN(C(C)C(=O)N(C)Cc2ccc(OC)c(OC)c2)CC1.Cl. The number of nitrogens with zero attached hydrogens (tertiary/aromatic N) is 2. The monoisotopic (exact) mass is 413 g/mol. The highest BCUT2D eigenvalue weighted by Crippen LogP contribution is 2.28. The largest absolute Gasteiger partial charge is 0.493 e. The fourth-order valence-corrected chi connectivity index (χ4v) is 3.78. The van der Waals surface area contributed by atoms with E-state index in [2.05, 4.69) is 10.2 Å². The number of benzene rings is 1. The van der Waals surface area contributed by atoms with Gasteiger partial charge in [-0.15, -0.1) is 12.4 Å². The number of carbonyl (C=O) groups excluding carboxylic acids is 1. The maximum absolute atomic E-state index is 12.9. The smallest absolute Gasteiger partial charge is 0.239 e. The van der Waals surface area contributed by atoms with Crippen molar-refractivity contribution in [1.29, 1.82) is 0 Å². The summed E-state index contributed by atoms with van der Waals surface area (Å²) in [5.74, 6) is 2.33. The number of nitrogens with one attached hydrogen (secondary N) is 1. The van der Waals surface area contributed by atoms with Crippen LogP contribution in [0.4, 0.5) is 0 Å². The predicted molar refractivity (Wildman–Crippen MR) is 116 cm³/mol. The summed E-state index contributed by atoms with van der Waals surface area (Å²) >= 11 is 0. The number of ether oxygens (including phenoxy) is 2. The number of likely N-dealkylation sites (N-methyl/N-ethyl adjacent to an activating group) is 1. The van der Waals surface area contributed by atoms with Crippen LogP contribution < -0.4 is 14.8 Å². The van der Waals surface area contributed by atoms with Crippen LogP contribution in [0.3, 0.4) is 0 Å². The van der Waals surface area contributed by atoms with E-state index in [0.29, 0.717) is 18.0 Å². The van der Waals surface area contributed by atoms with Gasteiger partial charge in [0.15, 0.2) is 11.5 Å². The summed E-state index contributed by atoms with van der Waals surface area (Å²) in [7, 11) is 7.12. The first kappa shape index (κ1) is 24.5. The minimum atomic E-state index is -0.0830. The Balaban J connectivity index is 0.00000392. The van der Waals surface area contributed by atoms with Crippen molar-refractivity contribution < 1.29 is 14.3 Å². The van der Waals surface area contributed by atoms with Gasteiger partial charge in [0.05, 0.1) is 20.3 Å². The molecule has 1 heterocycles. The van der Waals surface area contributed by atoms with Gasteiger partial charge < -0.3 is 19.7 Å². The molecule has 1 fully saturated rings. The average molecular weight is 414 g/mol. The number of likely N-dealkylation sites (tertiary alicyclic amines) is 1. The van der Waals surface area contributed by atoms with Crippen molar-refractivity contribution in [3.05, 3.63) is 23.8 Å².